The molecule has 67 heavy (non-hydrogen) atoms. The molecule has 15 aromatic rings. The van der Waals surface area contributed by atoms with Gasteiger partial charge in [-0.15, -0.1) is 34.0 Å². The SMILES string of the molecule is c1ccc(N(c2ccc3c(c2)oc2ccccc23)c2ccc3c(c2)sc2cc4c(cc23)sc2cc3c(cc24)sc2cc(N(c4ccccc4)c4ccc5c(c4)oc4ccccc45)ccc23)cc1. The van der Waals surface area contributed by atoms with E-state index < -0.39 is 0 Å². The molecule has 5 aromatic heterocycles. The number of rotatable bonds is 6. The highest BCUT2D eigenvalue weighted by Crippen LogP contribution is 2.48. The molecule has 0 saturated carbocycles. The fourth-order valence-electron chi connectivity index (χ4n) is 10.3. The van der Waals surface area contributed by atoms with E-state index in [0.29, 0.717) is 0 Å². The normalized spacial score (nSPS) is 12.2. The van der Waals surface area contributed by atoms with Gasteiger partial charge in [0.25, 0.3) is 0 Å². The van der Waals surface area contributed by atoms with E-state index in [1.54, 1.807) is 0 Å². The number of anilines is 6. The summed E-state index contributed by atoms with van der Waals surface area (Å²) in [5.74, 6) is 0. The molecule has 15 rings (SSSR count). The molecule has 0 atom stereocenters. The molecule has 0 unspecified atom stereocenters. The zero-order chi connectivity index (χ0) is 43.7. The minimum atomic E-state index is 0.885. The fraction of sp³-hybridized carbons (Fsp3) is 0. The molecule has 0 saturated heterocycles. The summed E-state index contributed by atoms with van der Waals surface area (Å²) in [6.07, 6.45) is 0. The predicted octanol–water partition coefficient (Wildman–Crippen LogP) is 19.5. The van der Waals surface area contributed by atoms with Crippen LogP contribution in [0.25, 0.3) is 104 Å². The van der Waals surface area contributed by atoms with Crippen LogP contribution in [0.1, 0.15) is 0 Å². The first-order chi connectivity index (χ1) is 33.1. The largest absolute Gasteiger partial charge is 0.456 e. The van der Waals surface area contributed by atoms with Gasteiger partial charge in [-0.25, -0.2) is 0 Å². The van der Waals surface area contributed by atoms with Gasteiger partial charge in [-0.3, -0.25) is 0 Å². The third-order valence-corrected chi connectivity index (χ3v) is 16.8. The highest BCUT2D eigenvalue weighted by atomic mass is 32.1. The Morgan fingerprint density at radius 2 is 0.537 bits per heavy atom. The monoisotopic (exact) mass is 910 g/mol. The Balaban J connectivity index is 0.823. The van der Waals surface area contributed by atoms with Gasteiger partial charge < -0.3 is 18.6 Å². The highest BCUT2D eigenvalue weighted by molar-refractivity contribution is 7.28. The van der Waals surface area contributed by atoms with Crippen molar-refractivity contribution in [3.63, 3.8) is 0 Å². The second-order valence-corrected chi connectivity index (χ2v) is 20.5. The van der Waals surface area contributed by atoms with E-state index in [2.05, 4.69) is 192 Å². The Bertz CT molecular complexity index is 4190. The van der Waals surface area contributed by atoms with Gasteiger partial charge in [-0.05, 0) is 109 Å². The van der Waals surface area contributed by atoms with Crippen molar-refractivity contribution in [3.05, 3.63) is 206 Å². The van der Waals surface area contributed by atoms with Crippen molar-refractivity contribution >= 4 is 173 Å². The lowest BCUT2D eigenvalue weighted by atomic mass is 10.1. The molecule has 0 aliphatic heterocycles. The molecule has 7 heteroatoms. The molecule has 10 aromatic carbocycles. The molecule has 0 aliphatic carbocycles. The summed E-state index contributed by atoms with van der Waals surface area (Å²) in [5, 5.41) is 12.4. The minimum Gasteiger partial charge on any atom is -0.456 e. The van der Waals surface area contributed by atoms with E-state index in [4.69, 9.17) is 8.83 Å². The Labute approximate surface area is 395 Å². The second kappa shape index (κ2) is 14.3. The first-order valence-electron chi connectivity index (χ1n) is 22.4. The lowest BCUT2D eigenvalue weighted by Crippen LogP contribution is -2.09. The summed E-state index contributed by atoms with van der Waals surface area (Å²) >= 11 is 5.65. The zero-order valence-corrected chi connectivity index (χ0v) is 38.0. The number of fused-ring (bicyclic) bond motifs is 15. The molecule has 0 spiro atoms. The van der Waals surface area contributed by atoms with E-state index in [0.717, 1.165) is 78.0 Å². The first-order valence-corrected chi connectivity index (χ1v) is 24.8. The zero-order valence-electron chi connectivity index (χ0n) is 35.6. The van der Waals surface area contributed by atoms with Gasteiger partial charge in [0, 0.05) is 128 Å². The van der Waals surface area contributed by atoms with E-state index in [9.17, 15) is 0 Å². The summed E-state index contributed by atoms with van der Waals surface area (Å²) < 4.78 is 20.5. The Morgan fingerprint density at radius 3 is 0.955 bits per heavy atom. The van der Waals surface area contributed by atoms with Crippen molar-refractivity contribution in [2.24, 2.45) is 0 Å². The summed E-state index contributed by atoms with van der Waals surface area (Å²) in [4.78, 5) is 4.67. The number of nitrogens with zero attached hydrogens (tertiary/aromatic N) is 2. The Hall–Kier alpha value is -7.94. The van der Waals surface area contributed by atoms with Crippen LogP contribution >= 0.6 is 34.0 Å². The Kier molecular flexibility index (Phi) is 7.95. The second-order valence-electron chi connectivity index (χ2n) is 17.3. The number of para-hydroxylation sites is 4. The molecule has 0 fully saturated rings. The molecule has 0 bridgehead atoms. The van der Waals surface area contributed by atoms with E-state index in [1.165, 1.54) is 60.5 Å². The van der Waals surface area contributed by atoms with E-state index in [1.807, 2.05) is 58.3 Å². The molecular weight excluding hydrogens is 877 g/mol. The van der Waals surface area contributed by atoms with Gasteiger partial charge in [0.2, 0.25) is 0 Å². The van der Waals surface area contributed by atoms with Gasteiger partial charge in [0.05, 0.1) is 0 Å². The summed E-state index contributed by atoms with van der Waals surface area (Å²) in [6, 6.07) is 74.5. The number of benzene rings is 10. The van der Waals surface area contributed by atoms with Gasteiger partial charge in [-0.1, -0.05) is 84.9 Å². The van der Waals surface area contributed by atoms with Crippen molar-refractivity contribution in [2.45, 2.75) is 0 Å². The molecular formula is C60H34N2O2S3. The third kappa shape index (κ3) is 5.76. The summed E-state index contributed by atoms with van der Waals surface area (Å²) in [7, 11) is 0. The summed E-state index contributed by atoms with van der Waals surface area (Å²) in [6.45, 7) is 0. The van der Waals surface area contributed by atoms with Gasteiger partial charge >= 0.3 is 0 Å². The van der Waals surface area contributed by atoms with Crippen LogP contribution < -0.4 is 9.80 Å². The molecule has 314 valence electrons. The van der Waals surface area contributed by atoms with Gasteiger partial charge in [0.15, 0.2) is 0 Å². The van der Waals surface area contributed by atoms with Gasteiger partial charge in [0.1, 0.15) is 22.3 Å². The third-order valence-electron chi connectivity index (χ3n) is 13.4. The number of hydrogen-bond donors (Lipinski definition) is 0. The summed E-state index contributed by atoms with van der Waals surface area (Å²) in [5.41, 5.74) is 10.1. The van der Waals surface area contributed by atoms with Crippen LogP contribution in [0.4, 0.5) is 34.1 Å². The molecule has 0 radical (unpaired) electrons. The maximum atomic E-state index is 6.36. The van der Waals surface area contributed by atoms with Crippen LogP contribution in [0.15, 0.2) is 215 Å². The average Bonchev–Trinajstić information content (AvgIpc) is 4.19. The average molecular weight is 911 g/mol. The van der Waals surface area contributed by atoms with Crippen LogP contribution in [0.2, 0.25) is 0 Å². The highest BCUT2D eigenvalue weighted by Gasteiger charge is 2.20. The number of thiophene rings is 3. The molecule has 0 amide bonds. The number of hydrogen-bond acceptors (Lipinski definition) is 7. The molecule has 0 N–H and O–H groups in total. The minimum absolute atomic E-state index is 0.885. The van der Waals surface area contributed by atoms with E-state index in [-0.39, 0.29) is 0 Å². The van der Waals surface area contributed by atoms with Crippen molar-refractivity contribution in [3.8, 4) is 0 Å². The predicted molar refractivity (Wildman–Crippen MR) is 289 cm³/mol. The topological polar surface area (TPSA) is 32.8 Å². The van der Waals surface area contributed by atoms with Crippen LogP contribution in [-0.2, 0) is 0 Å². The van der Waals surface area contributed by atoms with Crippen LogP contribution in [0.5, 0.6) is 0 Å². The van der Waals surface area contributed by atoms with Crippen LogP contribution in [0, 0.1) is 0 Å². The van der Waals surface area contributed by atoms with E-state index >= 15 is 0 Å². The Morgan fingerprint density at radius 1 is 0.224 bits per heavy atom. The number of furan rings is 2. The van der Waals surface area contributed by atoms with Gasteiger partial charge in [-0.2, -0.15) is 0 Å². The van der Waals surface area contributed by atoms with Crippen molar-refractivity contribution in [1.82, 2.24) is 0 Å². The van der Waals surface area contributed by atoms with Crippen molar-refractivity contribution < 1.29 is 8.83 Å². The van der Waals surface area contributed by atoms with Crippen molar-refractivity contribution in [2.75, 3.05) is 9.80 Å². The maximum absolute atomic E-state index is 6.36. The van der Waals surface area contributed by atoms with Crippen LogP contribution in [-0.4, -0.2) is 0 Å². The molecule has 5 heterocycles. The first kappa shape index (κ1) is 37.3. The quantitative estimate of drug-likeness (QED) is 0.166. The standard InChI is InChI=1S/C60H34N2O2S3/c1-3-11-35(12-4-1)61(37-19-23-43-41-15-7-9-17-51(41)63-53(43)27-37)39-21-25-45-47-31-59-49(33-57(47)65-55(45)29-39)50-34-58-48(32-60(50)67-59)46-26-22-40(30-56(46)66-58)62(36-13-5-2-6-14-36)38-20-24-44-42-16-8-10-18-52(42)64-54(44)28-38/h1-34H. The van der Waals surface area contributed by atoms with Crippen LogP contribution in [0.3, 0.4) is 0 Å². The smallest absolute Gasteiger partial charge is 0.137 e. The molecule has 4 nitrogen and oxygen atoms in total. The molecule has 0 aliphatic rings. The van der Waals surface area contributed by atoms with Crippen molar-refractivity contribution in [1.29, 1.82) is 0 Å². The maximum Gasteiger partial charge on any atom is 0.137 e. The lowest BCUT2D eigenvalue weighted by Gasteiger charge is -2.25. The fourth-order valence-corrected chi connectivity index (χ4v) is 13.8. The lowest BCUT2D eigenvalue weighted by molar-refractivity contribution is 0.668.